The first-order valence-electron chi connectivity index (χ1n) is 8.17. The third kappa shape index (κ3) is 3.14. The molecule has 1 aliphatic carbocycles. The van der Waals surface area contributed by atoms with Gasteiger partial charge in [-0.25, -0.2) is 4.79 Å². The van der Waals surface area contributed by atoms with Gasteiger partial charge in [0.2, 0.25) is 6.29 Å². The second kappa shape index (κ2) is 7.24. The average Bonchev–Trinajstić information content (AvgIpc) is 2.90. The predicted octanol–water partition coefficient (Wildman–Crippen LogP) is -2.32. The van der Waals surface area contributed by atoms with Crippen LogP contribution in [-0.2, 0) is 19.0 Å². The highest BCUT2D eigenvalue weighted by molar-refractivity contribution is 5.87. The van der Waals surface area contributed by atoms with Crippen LogP contribution in [0.5, 0.6) is 0 Å². The van der Waals surface area contributed by atoms with Crippen molar-refractivity contribution >= 4 is 5.97 Å². The number of hydrogen-bond donors (Lipinski definition) is 6. The molecule has 10 nitrogen and oxygen atoms in total. The van der Waals surface area contributed by atoms with Gasteiger partial charge < -0.3 is 44.8 Å². The number of aliphatic carboxylic acids is 1. The maximum atomic E-state index is 11.4. The van der Waals surface area contributed by atoms with Crippen LogP contribution in [0.3, 0.4) is 0 Å². The Bertz CT molecular complexity index is 602. The second-order valence-electron chi connectivity index (χ2n) is 6.67. The van der Waals surface area contributed by atoms with Crippen LogP contribution in [0.4, 0.5) is 0 Å². The Morgan fingerprint density at radius 2 is 1.88 bits per heavy atom. The van der Waals surface area contributed by atoms with Gasteiger partial charge in [-0.15, -0.1) is 0 Å². The molecule has 1 saturated heterocycles. The van der Waals surface area contributed by atoms with Gasteiger partial charge in [-0.05, 0) is 12.0 Å². The lowest BCUT2D eigenvalue weighted by atomic mass is 9.85. The van der Waals surface area contributed by atoms with Crippen molar-refractivity contribution in [3.63, 3.8) is 0 Å². The number of carboxylic acid groups (broad SMARTS) is 1. The van der Waals surface area contributed by atoms with Gasteiger partial charge in [0.05, 0.1) is 30.5 Å². The smallest absolute Gasteiger partial charge is 0.334 e. The predicted molar refractivity (Wildman–Crippen MR) is 82.2 cm³/mol. The Morgan fingerprint density at radius 3 is 2.50 bits per heavy atom. The molecule has 0 bridgehead atoms. The molecule has 1 saturated carbocycles. The molecular weight excluding hydrogens is 352 g/mol. The van der Waals surface area contributed by atoms with Crippen LogP contribution in [0.25, 0.3) is 0 Å². The van der Waals surface area contributed by atoms with Gasteiger partial charge in [-0.2, -0.15) is 0 Å². The normalized spacial score (nSPS) is 45.7. The van der Waals surface area contributed by atoms with Crippen molar-refractivity contribution in [2.45, 2.75) is 49.5 Å². The summed E-state index contributed by atoms with van der Waals surface area (Å²) in [4.78, 5) is 11.4. The number of ether oxygens (including phenoxy) is 3. The SMILES string of the molecule is C=C1C(O)CC2C(C(=O)O)=COC(O[C@@H]3O[C@H](CO)[C@H](O)[C@H](O)[C@H]3O)C12. The van der Waals surface area contributed by atoms with Gasteiger partial charge in [0, 0.05) is 5.92 Å². The van der Waals surface area contributed by atoms with E-state index in [2.05, 4.69) is 6.58 Å². The van der Waals surface area contributed by atoms with Crippen LogP contribution in [0.2, 0.25) is 0 Å². The molecule has 2 heterocycles. The Labute approximate surface area is 148 Å². The lowest BCUT2D eigenvalue weighted by Crippen LogP contribution is -2.60. The molecule has 0 radical (unpaired) electrons. The number of carboxylic acids is 1. The molecule has 3 rings (SSSR count). The number of rotatable bonds is 4. The van der Waals surface area contributed by atoms with Crippen LogP contribution < -0.4 is 0 Å². The van der Waals surface area contributed by atoms with Crippen molar-refractivity contribution in [3.05, 3.63) is 24.0 Å². The van der Waals surface area contributed by atoms with E-state index in [1.165, 1.54) is 0 Å². The fourth-order valence-corrected chi connectivity index (χ4v) is 3.65. The zero-order chi connectivity index (χ0) is 19.2. The number of aliphatic hydroxyl groups excluding tert-OH is 5. The summed E-state index contributed by atoms with van der Waals surface area (Å²) in [5.41, 5.74) is 0.304. The molecule has 0 spiro atoms. The molecular formula is C16H22O10. The molecule has 10 heteroatoms. The molecule has 4 unspecified atom stereocenters. The summed E-state index contributed by atoms with van der Waals surface area (Å²) >= 11 is 0. The van der Waals surface area contributed by atoms with Gasteiger partial charge in [0.15, 0.2) is 6.29 Å². The average molecular weight is 374 g/mol. The molecule has 2 fully saturated rings. The highest BCUT2D eigenvalue weighted by Crippen LogP contribution is 2.46. The first-order valence-corrected chi connectivity index (χ1v) is 8.17. The van der Waals surface area contributed by atoms with E-state index in [4.69, 9.17) is 14.2 Å². The molecule has 146 valence electrons. The first-order chi connectivity index (χ1) is 12.3. The number of fused-ring (bicyclic) bond motifs is 1. The Morgan fingerprint density at radius 1 is 1.19 bits per heavy atom. The molecule has 2 aliphatic heterocycles. The summed E-state index contributed by atoms with van der Waals surface area (Å²) < 4.78 is 16.2. The van der Waals surface area contributed by atoms with Gasteiger partial charge in [-0.3, -0.25) is 0 Å². The molecule has 9 atom stereocenters. The van der Waals surface area contributed by atoms with Crippen LogP contribution in [0.15, 0.2) is 24.0 Å². The number of hydrogen-bond acceptors (Lipinski definition) is 9. The molecule has 0 amide bonds. The van der Waals surface area contributed by atoms with Gasteiger partial charge in [0.1, 0.15) is 24.4 Å². The quantitative estimate of drug-likeness (QED) is 0.294. The standard InChI is InChI=1S/C16H22O10/c1-5-8(18)2-6-7(14(22)23)4-24-15(10(5)6)26-16-13(21)12(20)11(19)9(3-17)25-16/h4,6,8-13,15-21H,1-3H2,(H,22,23)/t6?,8?,9-,10?,11+,12+,13-,15?,16+/m1/s1. The lowest BCUT2D eigenvalue weighted by molar-refractivity contribution is -0.339. The maximum absolute atomic E-state index is 11.4. The van der Waals surface area contributed by atoms with Crippen molar-refractivity contribution in [2.24, 2.45) is 11.8 Å². The molecule has 6 N–H and O–H groups in total. The van der Waals surface area contributed by atoms with E-state index in [0.29, 0.717) is 5.57 Å². The van der Waals surface area contributed by atoms with Crippen LogP contribution >= 0.6 is 0 Å². The third-order valence-electron chi connectivity index (χ3n) is 5.15. The summed E-state index contributed by atoms with van der Waals surface area (Å²) in [7, 11) is 0. The van der Waals surface area contributed by atoms with Crippen molar-refractivity contribution in [3.8, 4) is 0 Å². The van der Waals surface area contributed by atoms with Gasteiger partial charge >= 0.3 is 5.97 Å². The van der Waals surface area contributed by atoms with E-state index in [1.807, 2.05) is 0 Å². The minimum absolute atomic E-state index is 0.0265. The van der Waals surface area contributed by atoms with E-state index in [1.54, 1.807) is 0 Å². The number of aliphatic hydroxyl groups is 5. The molecule has 0 aromatic carbocycles. The van der Waals surface area contributed by atoms with Gasteiger partial charge in [-0.1, -0.05) is 6.58 Å². The summed E-state index contributed by atoms with van der Waals surface area (Å²) in [5.74, 6) is -2.49. The van der Waals surface area contributed by atoms with Crippen molar-refractivity contribution in [1.82, 2.24) is 0 Å². The monoisotopic (exact) mass is 374 g/mol. The topological polar surface area (TPSA) is 166 Å². The van der Waals surface area contributed by atoms with E-state index in [0.717, 1.165) is 6.26 Å². The van der Waals surface area contributed by atoms with Crippen LogP contribution in [0.1, 0.15) is 6.42 Å². The molecule has 0 aromatic rings. The maximum Gasteiger partial charge on any atom is 0.334 e. The van der Waals surface area contributed by atoms with Crippen LogP contribution in [-0.4, -0.2) is 86.3 Å². The summed E-state index contributed by atoms with van der Waals surface area (Å²) in [6.45, 7) is 3.16. The third-order valence-corrected chi connectivity index (χ3v) is 5.15. The zero-order valence-corrected chi connectivity index (χ0v) is 13.7. The lowest BCUT2D eigenvalue weighted by Gasteiger charge is -2.42. The van der Waals surface area contributed by atoms with Gasteiger partial charge in [0.25, 0.3) is 0 Å². The van der Waals surface area contributed by atoms with Crippen molar-refractivity contribution in [1.29, 1.82) is 0 Å². The van der Waals surface area contributed by atoms with Crippen LogP contribution in [0, 0.1) is 11.8 Å². The van der Waals surface area contributed by atoms with E-state index < -0.39 is 67.5 Å². The number of carbonyl (C=O) groups is 1. The summed E-state index contributed by atoms with van der Waals surface area (Å²) in [6, 6.07) is 0. The molecule has 26 heavy (non-hydrogen) atoms. The minimum Gasteiger partial charge on any atom is -0.478 e. The largest absolute Gasteiger partial charge is 0.478 e. The second-order valence-corrected chi connectivity index (χ2v) is 6.67. The first kappa shape index (κ1) is 19.2. The fraction of sp³-hybridized carbons (Fsp3) is 0.688. The molecule has 3 aliphatic rings. The zero-order valence-electron chi connectivity index (χ0n) is 13.7. The van der Waals surface area contributed by atoms with Crippen molar-refractivity contribution in [2.75, 3.05) is 6.61 Å². The fourth-order valence-electron chi connectivity index (χ4n) is 3.65. The Hall–Kier alpha value is -1.53. The van der Waals surface area contributed by atoms with E-state index >= 15 is 0 Å². The highest BCUT2D eigenvalue weighted by atomic mass is 16.8. The minimum atomic E-state index is -1.63. The summed E-state index contributed by atoms with van der Waals surface area (Å²) in [6.07, 6.45) is -8.28. The Balaban J connectivity index is 1.81. The van der Waals surface area contributed by atoms with E-state index in [9.17, 15) is 35.4 Å². The highest BCUT2D eigenvalue weighted by Gasteiger charge is 2.51. The summed E-state index contributed by atoms with van der Waals surface area (Å²) in [5, 5.41) is 58.3. The Kier molecular flexibility index (Phi) is 5.35. The van der Waals surface area contributed by atoms with Crippen molar-refractivity contribution < 1.29 is 49.6 Å². The van der Waals surface area contributed by atoms with E-state index in [-0.39, 0.29) is 12.0 Å². The molecule has 0 aromatic heterocycles.